The summed E-state index contributed by atoms with van der Waals surface area (Å²) >= 11 is 0. The summed E-state index contributed by atoms with van der Waals surface area (Å²) in [5.74, 6) is 1.15. The summed E-state index contributed by atoms with van der Waals surface area (Å²) in [5.41, 5.74) is 5.84. The number of hydrogen-bond donors (Lipinski definition) is 1. The quantitative estimate of drug-likeness (QED) is 0.878. The van der Waals surface area contributed by atoms with Crippen molar-refractivity contribution in [3.8, 4) is 5.75 Å². The minimum absolute atomic E-state index is 0.108. The summed E-state index contributed by atoms with van der Waals surface area (Å²) in [6, 6.07) is 9.85. The van der Waals surface area contributed by atoms with E-state index in [-0.39, 0.29) is 17.9 Å². The Morgan fingerprint density at radius 3 is 2.74 bits per heavy atom. The molecule has 2 atom stereocenters. The molecule has 1 aromatic carbocycles. The summed E-state index contributed by atoms with van der Waals surface area (Å²) in [6.45, 7) is 1.13. The van der Waals surface area contributed by atoms with Crippen molar-refractivity contribution in [2.24, 2.45) is 11.7 Å². The number of nitrogens with two attached hydrogens (primary N) is 1. The van der Waals surface area contributed by atoms with E-state index in [9.17, 15) is 4.79 Å². The molecule has 4 nitrogen and oxygen atoms in total. The molecular weight excluding hydrogens is 240 g/mol. The Bertz CT molecular complexity index is 408. The molecule has 0 spiro atoms. The zero-order chi connectivity index (χ0) is 13.7. The first-order valence-electron chi connectivity index (χ1n) is 6.85. The van der Waals surface area contributed by atoms with Crippen LogP contribution in [0.15, 0.2) is 30.3 Å². The van der Waals surface area contributed by atoms with E-state index in [1.54, 1.807) is 4.90 Å². The number of para-hydroxylation sites is 1. The summed E-state index contributed by atoms with van der Waals surface area (Å²) in [5, 5.41) is 0. The molecule has 0 aromatic heterocycles. The monoisotopic (exact) mass is 262 g/mol. The first-order chi connectivity index (χ1) is 9.16. The fourth-order valence-electron chi connectivity index (χ4n) is 2.48. The summed E-state index contributed by atoms with van der Waals surface area (Å²) in [7, 11) is 1.83. The van der Waals surface area contributed by atoms with Crippen molar-refractivity contribution in [3.05, 3.63) is 30.3 Å². The Hall–Kier alpha value is -1.55. The van der Waals surface area contributed by atoms with Gasteiger partial charge < -0.3 is 15.4 Å². The predicted molar refractivity (Wildman–Crippen MR) is 74.9 cm³/mol. The van der Waals surface area contributed by atoms with Crippen LogP contribution in [0.1, 0.15) is 19.3 Å². The van der Waals surface area contributed by atoms with Gasteiger partial charge in [-0.2, -0.15) is 0 Å². The molecule has 1 amide bonds. The lowest BCUT2D eigenvalue weighted by Gasteiger charge is -2.21. The minimum atomic E-state index is 0.108. The summed E-state index contributed by atoms with van der Waals surface area (Å²) in [6.07, 6.45) is 2.71. The number of ether oxygens (including phenoxy) is 1. The molecule has 1 fully saturated rings. The van der Waals surface area contributed by atoms with Gasteiger partial charge in [-0.15, -0.1) is 0 Å². The molecule has 0 heterocycles. The van der Waals surface area contributed by atoms with Crippen LogP contribution in [0.5, 0.6) is 5.75 Å². The molecule has 2 unspecified atom stereocenters. The number of hydrogen-bond acceptors (Lipinski definition) is 3. The maximum Gasteiger partial charge on any atom is 0.225 e. The van der Waals surface area contributed by atoms with Crippen molar-refractivity contribution in [2.45, 2.75) is 25.3 Å². The van der Waals surface area contributed by atoms with Gasteiger partial charge in [0, 0.05) is 19.0 Å². The van der Waals surface area contributed by atoms with Crippen molar-refractivity contribution in [3.63, 3.8) is 0 Å². The Morgan fingerprint density at radius 1 is 1.37 bits per heavy atom. The lowest BCUT2D eigenvalue weighted by molar-refractivity contribution is -0.134. The highest BCUT2D eigenvalue weighted by Gasteiger charge is 2.29. The second-order valence-electron chi connectivity index (χ2n) is 5.19. The van der Waals surface area contributed by atoms with Crippen LogP contribution in [-0.4, -0.2) is 37.0 Å². The molecule has 0 saturated heterocycles. The van der Waals surface area contributed by atoms with Crippen molar-refractivity contribution in [1.82, 2.24) is 4.90 Å². The standard InChI is InChI=1S/C15H22N2O2/c1-17(15(18)12-7-8-13(16)11-12)9-10-19-14-5-3-2-4-6-14/h2-6,12-13H,7-11,16H2,1H3. The third-order valence-electron chi connectivity index (χ3n) is 3.64. The maximum absolute atomic E-state index is 12.1. The second kappa shape index (κ2) is 6.57. The van der Waals surface area contributed by atoms with E-state index in [4.69, 9.17) is 10.5 Å². The molecule has 19 heavy (non-hydrogen) atoms. The van der Waals surface area contributed by atoms with E-state index < -0.39 is 0 Å². The second-order valence-corrected chi connectivity index (χ2v) is 5.19. The average molecular weight is 262 g/mol. The average Bonchev–Trinajstić information content (AvgIpc) is 2.85. The van der Waals surface area contributed by atoms with Crippen LogP contribution in [0.25, 0.3) is 0 Å². The van der Waals surface area contributed by atoms with Gasteiger partial charge in [0.05, 0.1) is 6.54 Å². The van der Waals surface area contributed by atoms with Crippen LogP contribution in [0, 0.1) is 5.92 Å². The lowest BCUT2D eigenvalue weighted by Crippen LogP contribution is -2.35. The van der Waals surface area contributed by atoms with Gasteiger partial charge >= 0.3 is 0 Å². The molecule has 1 aromatic rings. The van der Waals surface area contributed by atoms with Gasteiger partial charge in [-0.05, 0) is 31.4 Å². The predicted octanol–water partition coefficient (Wildman–Crippen LogP) is 1.65. The van der Waals surface area contributed by atoms with Crippen LogP contribution in [-0.2, 0) is 4.79 Å². The van der Waals surface area contributed by atoms with Crippen molar-refractivity contribution >= 4 is 5.91 Å². The normalized spacial score (nSPS) is 22.2. The Morgan fingerprint density at radius 2 is 2.11 bits per heavy atom. The number of rotatable bonds is 5. The lowest BCUT2D eigenvalue weighted by atomic mass is 10.1. The van der Waals surface area contributed by atoms with E-state index in [2.05, 4.69) is 0 Å². The Kier molecular flexibility index (Phi) is 4.80. The van der Waals surface area contributed by atoms with Crippen LogP contribution in [0.4, 0.5) is 0 Å². The fourth-order valence-corrected chi connectivity index (χ4v) is 2.48. The molecule has 0 radical (unpaired) electrons. The van der Waals surface area contributed by atoms with E-state index in [1.807, 2.05) is 37.4 Å². The number of nitrogens with zero attached hydrogens (tertiary/aromatic N) is 1. The third-order valence-corrected chi connectivity index (χ3v) is 3.64. The van der Waals surface area contributed by atoms with Gasteiger partial charge in [0.25, 0.3) is 0 Å². The van der Waals surface area contributed by atoms with Gasteiger partial charge in [-0.3, -0.25) is 4.79 Å². The largest absolute Gasteiger partial charge is 0.492 e. The van der Waals surface area contributed by atoms with E-state index in [1.165, 1.54) is 0 Å². The van der Waals surface area contributed by atoms with Gasteiger partial charge in [0.2, 0.25) is 5.91 Å². The zero-order valence-corrected chi connectivity index (χ0v) is 11.4. The van der Waals surface area contributed by atoms with E-state index in [0.717, 1.165) is 25.0 Å². The molecule has 1 saturated carbocycles. The molecular formula is C15H22N2O2. The Balaban J connectivity index is 1.72. The number of amides is 1. The molecule has 0 aliphatic heterocycles. The smallest absolute Gasteiger partial charge is 0.225 e. The van der Waals surface area contributed by atoms with Crippen LogP contribution >= 0.6 is 0 Å². The molecule has 0 bridgehead atoms. The van der Waals surface area contributed by atoms with Crippen LogP contribution in [0.2, 0.25) is 0 Å². The molecule has 104 valence electrons. The van der Waals surface area contributed by atoms with Gasteiger partial charge in [-0.25, -0.2) is 0 Å². The minimum Gasteiger partial charge on any atom is -0.492 e. The molecule has 1 aliphatic carbocycles. The third kappa shape index (κ3) is 3.96. The number of carbonyl (C=O) groups is 1. The number of benzene rings is 1. The number of carbonyl (C=O) groups excluding carboxylic acids is 1. The van der Waals surface area contributed by atoms with Gasteiger partial charge in [-0.1, -0.05) is 18.2 Å². The molecule has 4 heteroatoms. The molecule has 2 rings (SSSR count). The highest BCUT2D eigenvalue weighted by molar-refractivity contribution is 5.78. The number of likely N-dealkylation sites (N-methyl/N-ethyl adjacent to an activating group) is 1. The van der Waals surface area contributed by atoms with Crippen molar-refractivity contribution in [2.75, 3.05) is 20.2 Å². The van der Waals surface area contributed by atoms with E-state index >= 15 is 0 Å². The summed E-state index contributed by atoms with van der Waals surface area (Å²) in [4.78, 5) is 13.9. The fraction of sp³-hybridized carbons (Fsp3) is 0.533. The first kappa shape index (κ1) is 13.9. The SMILES string of the molecule is CN(CCOc1ccccc1)C(=O)C1CCC(N)C1. The van der Waals surface area contributed by atoms with Crippen LogP contribution in [0.3, 0.4) is 0 Å². The molecule has 2 N–H and O–H groups in total. The van der Waals surface area contributed by atoms with Crippen molar-refractivity contribution < 1.29 is 9.53 Å². The molecule has 1 aliphatic rings. The van der Waals surface area contributed by atoms with Gasteiger partial charge in [0.15, 0.2) is 0 Å². The maximum atomic E-state index is 12.1. The first-order valence-corrected chi connectivity index (χ1v) is 6.85. The van der Waals surface area contributed by atoms with Crippen LogP contribution < -0.4 is 10.5 Å². The Labute approximate surface area is 114 Å². The van der Waals surface area contributed by atoms with Gasteiger partial charge in [0.1, 0.15) is 12.4 Å². The zero-order valence-electron chi connectivity index (χ0n) is 11.4. The topological polar surface area (TPSA) is 55.6 Å². The van der Waals surface area contributed by atoms with Crippen molar-refractivity contribution in [1.29, 1.82) is 0 Å². The van der Waals surface area contributed by atoms with E-state index in [0.29, 0.717) is 13.2 Å². The summed E-state index contributed by atoms with van der Waals surface area (Å²) < 4.78 is 5.59. The highest BCUT2D eigenvalue weighted by Crippen LogP contribution is 2.25. The highest BCUT2D eigenvalue weighted by atomic mass is 16.5.